The van der Waals surface area contributed by atoms with Gasteiger partial charge in [0.05, 0.1) is 17.6 Å². The maximum Gasteiger partial charge on any atom is 0.425 e. The molecule has 0 saturated heterocycles. The fraction of sp³-hybridized carbons (Fsp3) is 0.450. The molecule has 10 heteroatoms. The van der Waals surface area contributed by atoms with Gasteiger partial charge in [-0.3, -0.25) is 4.98 Å². The Kier molecular flexibility index (Phi) is 6.91. The Morgan fingerprint density at radius 1 is 1.03 bits per heavy atom. The third kappa shape index (κ3) is 6.31. The van der Waals surface area contributed by atoms with Crippen molar-refractivity contribution in [2.24, 2.45) is 0 Å². The summed E-state index contributed by atoms with van der Waals surface area (Å²) in [5, 5.41) is 0.343. The van der Waals surface area contributed by atoms with Crippen molar-refractivity contribution in [2.75, 3.05) is 16.9 Å². The number of thioether (sulfide) groups is 1. The quantitative estimate of drug-likeness (QED) is 0.550. The number of hydrogen-bond donors (Lipinski definition) is 1. The van der Waals surface area contributed by atoms with Crippen molar-refractivity contribution < 1.29 is 19.1 Å². The number of anilines is 2. The van der Waals surface area contributed by atoms with Crippen LogP contribution in [-0.2, 0) is 9.47 Å². The summed E-state index contributed by atoms with van der Waals surface area (Å²) >= 11 is 1.26. The number of ether oxygens (including phenoxy) is 2. The summed E-state index contributed by atoms with van der Waals surface area (Å²) in [4.78, 5) is 39.3. The van der Waals surface area contributed by atoms with E-state index in [1.54, 1.807) is 60.1 Å². The second kappa shape index (κ2) is 8.86. The summed E-state index contributed by atoms with van der Waals surface area (Å²) in [5.41, 5.74) is 5.80. The highest BCUT2D eigenvalue weighted by Crippen LogP contribution is 2.29. The summed E-state index contributed by atoms with van der Waals surface area (Å²) in [5.74, 6) is 0.0177. The first-order valence-corrected chi connectivity index (χ1v) is 10.4. The normalized spacial score (nSPS) is 11.7. The Labute approximate surface area is 180 Å². The molecule has 2 heterocycles. The first-order chi connectivity index (χ1) is 13.8. The van der Waals surface area contributed by atoms with Gasteiger partial charge in [-0.05, 0) is 53.9 Å². The Bertz CT molecular complexity index is 910. The molecule has 0 unspecified atom stereocenters. The van der Waals surface area contributed by atoms with Crippen LogP contribution in [0.5, 0.6) is 0 Å². The number of hydrogen-bond acceptors (Lipinski definition) is 9. The standard InChI is InChI=1S/C20H27N5O4S/c1-19(2,3)28-17(26)25(18(27)29-20(4,5)6)15-10-14(23-16(24-15)30-7)12-8-9-22-11-13(12)21/h8-11H,21H2,1-7H3. The van der Waals surface area contributed by atoms with Crippen molar-refractivity contribution >= 4 is 35.5 Å². The van der Waals surface area contributed by atoms with Crippen LogP contribution in [0.15, 0.2) is 29.7 Å². The van der Waals surface area contributed by atoms with E-state index in [-0.39, 0.29) is 5.82 Å². The molecule has 0 saturated carbocycles. The highest BCUT2D eigenvalue weighted by Gasteiger charge is 2.34. The fourth-order valence-electron chi connectivity index (χ4n) is 2.27. The lowest BCUT2D eigenvalue weighted by atomic mass is 10.1. The summed E-state index contributed by atoms with van der Waals surface area (Å²) in [7, 11) is 0. The molecule has 0 bridgehead atoms. The van der Waals surface area contributed by atoms with E-state index in [2.05, 4.69) is 15.0 Å². The highest BCUT2D eigenvalue weighted by molar-refractivity contribution is 7.98. The molecule has 2 amide bonds. The maximum absolute atomic E-state index is 12.9. The molecule has 0 aliphatic carbocycles. The minimum absolute atomic E-state index is 0.0177. The van der Waals surface area contributed by atoms with E-state index in [0.717, 1.165) is 4.90 Å². The molecule has 2 aromatic rings. The zero-order valence-corrected chi connectivity index (χ0v) is 19.0. The smallest absolute Gasteiger partial charge is 0.425 e. The fourth-order valence-corrected chi connectivity index (χ4v) is 2.65. The Morgan fingerprint density at radius 2 is 1.60 bits per heavy atom. The lowest BCUT2D eigenvalue weighted by molar-refractivity contribution is 0.0429. The molecule has 0 atom stereocenters. The molecule has 162 valence electrons. The first kappa shape index (κ1) is 23.4. The van der Waals surface area contributed by atoms with Gasteiger partial charge in [0.1, 0.15) is 11.2 Å². The Morgan fingerprint density at radius 3 is 2.07 bits per heavy atom. The molecule has 30 heavy (non-hydrogen) atoms. The number of nitrogen functional groups attached to an aromatic ring is 1. The maximum atomic E-state index is 12.9. The van der Waals surface area contributed by atoms with E-state index in [0.29, 0.717) is 22.1 Å². The monoisotopic (exact) mass is 433 g/mol. The molecule has 0 aliphatic rings. The lowest BCUT2D eigenvalue weighted by Gasteiger charge is -2.28. The van der Waals surface area contributed by atoms with Gasteiger partial charge in [0.2, 0.25) is 0 Å². The van der Waals surface area contributed by atoms with E-state index in [4.69, 9.17) is 15.2 Å². The number of imide groups is 1. The third-order valence-electron chi connectivity index (χ3n) is 3.38. The zero-order valence-electron chi connectivity index (χ0n) is 18.2. The topological polar surface area (TPSA) is 121 Å². The van der Waals surface area contributed by atoms with Gasteiger partial charge >= 0.3 is 12.2 Å². The molecule has 2 rings (SSSR count). The van der Waals surface area contributed by atoms with Crippen molar-refractivity contribution in [2.45, 2.75) is 57.9 Å². The van der Waals surface area contributed by atoms with Crippen molar-refractivity contribution in [3.8, 4) is 11.3 Å². The van der Waals surface area contributed by atoms with E-state index < -0.39 is 23.4 Å². The molecule has 0 spiro atoms. The zero-order chi connectivity index (χ0) is 22.7. The van der Waals surface area contributed by atoms with Gasteiger partial charge in [-0.2, -0.15) is 4.90 Å². The Hall–Kier alpha value is -2.88. The van der Waals surface area contributed by atoms with Crippen LogP contribution in [0.2, 0.25) is 0 Å². The van der Waals surface area contributed by atoms with Gasteiger partial charge in [0, 0.05) is 17.8 Å². The third-order valence-corrected chi connectivity index (χ3v) is 3.93. The lowest BCUT2D eigenvalue weighted by Crippen LogP contribution is -2.44. The SMILES string of the molecule is CSc1nc(-c2ccncc2N)cc(N(C(=O)OC(C)(C)C)C(=O)OC(C)(C)C)n1. The molecule has 2 N–H and O–H groups in total. The average Bonchev–Trinajstić information content (AvgIpc) is 2.58. The minimum Gasteiger partial charge on any atom is -0.443 e. The van der Waals surface area contributed by atoms with Gasteiger partial charge in [-0.1, -0.05) is 11.8 Å². The largest absolute Gasteiger partial charge is 0.443 e. The van der Waals surface area contributed by atoms with Crippen LogP contribution in [0.3, 0.4) is 0 Å². The van der Waals surface area contributed by atoms with Crippen LogP contribution in [0, 0.1) is 0 Å². The number of rotatable bonds is 3. The molecule has 0 radical (unpaired) electrons. The van der Waals surface area contributed by atoms with Crippen LogP contribution >= 0.6 is 11.8 Å². The average molecular weight is 434 g/mol. The van der Waals surface area contributed by atoms with Gasteiger partial charge in [-0.25, -0.2) is 19.6 Å². The number of carbonyl (C=O) groups excluding carboxylic acids is 2. The van der Waals surface area contributed by atoms with Gasteiger partial charge in [-0.15, -0.1) is 0 Å². The van der Waals surface area contributed by atoms with Crippen LogP contribution < -0.4 is 10.6 Å². The number of nitrogens with two attached hydrogens (primary N) is 1. The molecule has 0 fully saturated rings. The summed E-state index contributed by atoms with van der Waals surface area (Å²) in [6, 6.07) is 3.18. The van der Waals surface area contributed by atoms with Crippen molar-refractivity contribution in [3.05, 3.63) is 24.5 Å². The Balaban J connectivity index is 2.61. The van der Waals surface area contributed by atoms with Crippen LogP contribution in [0.1, 0.15) is 41.5 Å². The first-order valence-electron chi connectivity index (χ1n) is 9.20. The predicted octanol–water partition coefficient (Wildman–Crippen LogP) is 4.52. The van der Waals surface area contributed by atoms with Crippen LogP contribution in [-0.4, -0.2) is 44.6 Å². The van der Waals surface area contributed by atoms with E-state index in [1.807, 2.05) is 0 Å². The van der Waals surface area contributed by atoms with Crippen LogP contribution in [0.25, 0.3) is 11.3 Å². The predicted molar refractivity (Wildman–Crippen MR) is 116 cm³/mol. The van der Waals surface area contributed by atoms with Gasteiger partial charge in [0.25, 0.3) is 0 Å². The van der Waals surface area contributed by atoms with Gasteiger partial charge < -0.3 is 15.2 Å². The number of carbonyl (C=O) groups is 2. The molecule has 9 nitrogen and oxygen atoms in total. The number of amides is 2. The van der Waals surface area contributed by atoms with Crippen LogP contribution in [0.4, 0.5) is 21.1 Å². The van der Waals surface area contributed by atoms with Crippen molar-refractivity contribution in [3.63, 3.8) is 0 Å². The molecular weight excluding hydrogens is 406 g/mol. The minimum atomic E-state index is -0.906. The highest BCUT2D eigenvalue weighted by atomic mass is 32.2. The molecule has 2 aromatic heterocycles. The summed E-state index contributed by atoms with van der Waals surface area (Å²) in [6.45, 7) is 10.2. The molecular formula is C20H27N5O4S. The van der Waals surface area contributed by atoms with Crippen molar-refractivity contribution in [1.29, 1.82) is 0 Å². The van der Waals surface area contributed by atoms with Crippen molar-refractivity contribution in [1.82, 2.24) is 15.0 Å². The van der Waals surface area contributed by atoms with E-state index in [1.165, 1.54) is 24.0 Å². The molecule has 0 aliphatic heterocycles. The van der Waals surface area contributed by atoms with E-state index in [9.17, 15) is 9.59 Å². The number of pyridine rings is 1. The summed E-state index contributed by atoms with van der Waals surface area (Å²) in [6.07, 6.45) is 3.04. The number of nitrogens with zero attached hydrogens (tertiary/aromatic N) is 4. The summed E-state index contributed by atoms with van der Waals surface area (Å²) < 4.78 is 10.8. The second-order valence-corrected chi connectivity index (χ2v) is 9.13. The van der Waals surface area contributed by atoms with Gasteiger partial charge in [0.15, 0.2) is 11.0 Å². The molecule has 0 aromatic carbocycles. The number of aromatic nitrogens is 3. The second-order valence-electron chi connectivity index (χ2n) is 8.36. The van der Waals surface area contributed by atoms with E-state index >= 15 is 0 Å².